The molecule has 0 atom stereocenters. The van der Waals surface area contributed by atoms with Crippen LogP contribution in [-0.4, -0.2) is 39.3 Å². The number of halogens is 2. The Labute approximate surface area is 189 Å². The fourth-order valence-electron chi connectivity index (χ4n) is 4.94. The topological polar surface area (TPSA) is 76.2 Å². The minimum atomic E-state index is -3.63. The van der Waals surface area contributed by atoms with Crippen LogP contribution in [0.3, 0.4) is 0 Å². The molecule has 0 unspecified atom stereocenters. The van der Waals surface area contributed by atoms with E-state index in [4.69, 9.17) is 4.98 Å². The molecule has 1 N–H and O–H groups in total. The molecule has 7 nitrogen and oxygen atoms in total. The van der Waals surface area contributed by atoms with Crippen molar-refractivity contribution in [3.05, 3.63) is 52.9 Å². The van der Waals surface area contributed by atoms with E-state index in [-0.39, 0.29) is 11.5 Å². The summed E-state index contributed by atoms with van der Waals surface area (Å²) >= 11 is 0. The van der Waals surface area contributed by atoms with Gasteiger partial charge in [-0.1, -0.05) is 11.6 Å². The maximum atomic E-state index is 13.4. The summed E-state index contributed by atoms with van der Waals surface area (Å²) in [7, 11) is 0. The Hall–Kier alpha value is -3.49. The fourth-order valence-corrected chi connectivity index (χ4v) is 4.94. The number of nitrogens with one attached hydrogen (secondary N) is 1. The summed E-state index contributed by atoms with van der Waals surface area (Å²) in [5, 5.41) is 0. The quantitative estimate of drug-likeness (QED) is 0.614. The molecule has 1 aromatic carbocycles. The molecule has 1 fully saturated rings. The van der Waals surface area contributed by atoms with Crippen molar-refractivity contribution in [3.63, 3.8) is 0 Å². The number of piperidine rings is 1. The average Bonchev–Trinajstić information content (AvgIpc) is 3.45. The third kappa shape index (κ3) is 3.51. The first-order valence-corrected chi connectivity index (χ1v) is 11.1. The molecule has 3 aliphatic rings. The molecule has 6 rings (SSSR count). The number of nitrogens with zero attached hydrogens (tertiary/aromatic N) is 4. The van der Waals surface area contributed by atoms with Gasteiger partial charge in [-0.25, -0.2) is 15.0 Å². The summed E-state index contributed by atoms with van der Waals surface area (Å²) in [5.41, 5.74) is 5.92. The van der Waals surface area contributed by atoms with Gasteiger partial charge in [0, 0.05) is 42.2 Å². The normalized spacial score (nSPS) is 19.0. The molecule has 0 saturated carbocycles. The van der Waals surface area contributed by atoms with Crippen LogP contribution in [0.25, 0.3) is 17.3 Å². The third-order valence-electron chi connectivity index (χ3n) is 6.54. The van der Waals surface area contributed by atoms with Crippen molar-refractivity contribution < 1.29 is 18.3 Å². The molecule has 0 bridgehead atoms. The average molecular weight is 451 g/mol. The first-order chi connectivity index (χ1) is 15.9. The van der Waals surface area contributed by atoms with Crippen molar-refractivity contribution in [1.29, 1.82) is 0 Å². The highest BCUT2D eigenvalue weighted by Gasteiger charge is 2.43. The molecule has 170 valence electrons. The van der Waals surface area contributed by atoms with Gasteiger partial charge in [-0.3, -0.25) is 0 Å². The Bertz CT molecular complexity index is 1280. The first-order valence-electron chi connectivity index (χ1n) is 11.1. The number of alkyl halides is 2. The van der Waals surface area contributed by atoms with Gasteiger partial charge in [-0.05, 0) is 44.9 Å². The predicted octanol–water partition coefficient (Wildman–Crippen LogP) is 4.84. The zero-order valence-electron chi connectivity index (χ0n) is 18.4. The van der Waals surface area contributed by atoms with E-state index in [1.54, 1.807) is 18.5 Å². The second kappa shape index (κ2) is 7.26. The highest BCUT2D eigenvalue weighted by atomic mass is 19.3. The molecule has 9 heteroatoms. The van der Waals surface area contributed by atoms with Crippen molar-refractivity contribution in [2.24, 2.45) is 0 Å². The van der Waals surface area contributed by atoms with E-state index in [2.05, 4.69) is 42.3 Å². The molecule has 2 aromatic heterocycles. The molecule has 3 aromatic rings. The highest BCUT2D eigenvalue weighted by Crippen LogP contribution is 2.43. The molecule has 0 spiro atoms. The van der Waals surface area contributed by atoms with Crippen molar-refractivity contribution >= 4 is 11.9 Å². The van der Waals surface area contributed by atoms with E-state index >= 15 is 0 Å². The summed E-state index contributed by atoms with van der Waals surface area (Å²) in [6, 6.07) is 4.77. The Morgan fingerprint density at radius 1 is 1.09 bits per heavy atom. The summed E-state index contributed by atoms with van der Waals surface area (Å²) in [5.74, 6) is 2.29. The molecule has 0 amide bonds. The molecule has 4 heterocycles. The number of hydrogen-bond acceptors (Lipinski definition) is 6. The van der Waals surface area contributed by atoms with E-state index < -0.39 is 6.29 Å². The second-order valence-electron chi connectivity index (χ2n) is 8.91. The summed E-state index contributed by atoms with van der Waals surface area (Å²) < 4.78 is 35.8. The number of allylic oxidation sites excluding steroid dienone is 1. The molecule has 1 aliphatic carbocycles. The SMILES string of the molecule is CC1=Cc2c(ncnc2N2CCC(c3nc(-c4ccc5c(c4)OC(F)(F)O5)c(C)[nH]3)CC2)C1. The number of H-pyrrole nitrogens is 1. The van der Waals surface area contributed by atoms with Gasteiger partial charge in [-0.15, -0.1) is 8.78 Å². The van der Waals surface area contributed by atoms with E-state index in [0.29, 0.717) is 11.5 Å². The number of fused-ring (bicyclic) bond motifs is 2. The minimum Gasteiger partial charge on any atom is -0.395 e. The molecule has 2 aliphatic heterocycles. The maximum Gasteiger partial charge on any atom is 0.586 e. The number of anilines is 1. The minimum absolute atomic E-state index is 0.0245. The molecule has 0 radical (unpaired) electrons. The standard InChI is InChI=1S/C24H23F2N5O2/c1-13-9-17-18(10-13)27-12-28-23(17)31-7-5-15(6-8-31)22-29-14(2)21(30-22)16-3-4-19-20(11-16)33-24(25,26)32-19/h3-4,9,11-12,15H,5-8,10H2,1-2H3,(H,29,30). The third-order valence-corrected chi connectivity index (χ3v) is 6.54. The van der Waals surface area contributed by atoms with Crippen LogP contribution in [0.15, 0.2) is 30.1 Å². The molecular weight excluding hydrogens is 428 g/mol. The van der Waals surface area contributed by atoms with E-state index in [1.165, 1.54) is 11.6 Å². The Kier molecular flexibility index (Phi) is 4.43. The van der Waals surface area contributed by atoms with Crippen molar-refractivity contribution in [2.75, 3.05) is 18.0 Å². The number of hydrogen-bond donors (Lipinski definition) is 1. The Morgan fingerprint density at radius 3 is 2.70 bits per heavy atom. The lowest BCUT2D eigenvalue weighted by molar-refractivity contribution is -0.286. The zero-order chi connectivity index (χ0) is 22.7. The number of rotatable bonds is 3. The summed E-state index contributed by atoms with van der Waals surface area (Å²) in [6.45, 7) is 5.84. The van der Waals surface area contributed by atoms with Crippen LogP contribution < -0.4 is 14.4 Å². The number of aryl methyl sites for hydroxylation is 1. The number of benzene rings is 1. The van der Waals surface area contributed by atoms with Gasteiger partial charge in [0.15, 0.2) is 11.5 Å². The lowest BCUT2D eigenvalue weighted by atomic mass is 9.96. The van der Waals surface area contributed by atoms with E-state index in [1.807, 2.05) is 6.92 Å². The second-order valence-corrected chi connectivity index (χ2v) is 8.91. The number of aromatic nitrogens is 4. The largest absolute Gasteiger partial charge is 0.586 e. The van der Waals surface area contributed by atoms with E-state index in [0.717, 1.165) is 66.6 Å². The lowest BCUT2D eigenvalue weighted by Gasteiger charge is -2.32. The number of ether oxygens (including phenoxy) is 2. The number of imidazole rings is 1. The summed E-state index contributed by atoms with van der Waals surface area (Å²) in [4.78, 5) is 19.6. The fraction of sp³-hybridized carbons (Fsp3) is 0.375. The lowest BCUT2D eigenvalue weighted by Crippen LogP contribution is -2.34. The first kappa shape index (κ1) is 20.1. The Balaban J connectivity index is 1.19. The van der Waals surface area contributed by atoms with Crippen LogP contribution in [0.5, 0.6) is 11.5 Å². The predicted molar refractivity (Wildman–Crippen MR) is 119 cm³/mol. The van der Waals surface area contributed by atoms with Crippen LogP contribution in [0, 0.1) is 6.92 Å². The van der Waals surface area contributed by atoms with Gasteiger partial charge in [0.1, 0.15) is 18.0 Å². The van der Waals surface area contributed by atoms with Gasteiger partial charge in [0.2, 0.25) is 0 Å². The van der Waals surface area contributed by atoms with Gasteiger partial charge in [-0.2, -0.15) is 0 Å². The van der Waals surface area contributed by atoms with Crippen molar-refractivity contribution in [1.82, 2.24) is 19.9 Å². The van der Waals surface area contributed by atoms with Crippen LogP contribution in [0.2, 0.25) is 0 Å². The monoisotopic (exact) mass is 451 g/mol. The Morgan fingerprint density at radius 2 is 1.88 bits per heavy atom. The molecule has 1 saturated heterocycles. The molecular formula is C24H23F2N5O2. The van der Waals surface area contributed by atoms with Crippen LogP contribution in [0.1, 0.15) is 48.5 Å². The zero-order valence-corrected chi connectivity index (χ0v) is 18.4. The number of aromatic amines is 1. The van der Waals surface area contributed by atoms with E-state index in [9.17, 15) is 8.78 Å². The highest BCUT2D eigenvalue weighted by molar-refractivity contribution is 5.72. The van der Waals surface area contributed by atoms with Gasteiger partial charge in [0.05, 0.1) is 11.4 Å². The van der Waals surface area contributed by atoms with Crippen molar-refractivity contribution in [3.8, 4) is 22.8 Å². The van der Waals surface area contributed by atoms with Gasteiger partial charge in [0.25, 0.3) is 0 Å². The van der Waals surface area contributed by atoms with Gasteiger partial charge < -0.3 is 19.4 Å². The van der Waals surface area contributed by atoms with Gasteiger partial charge >= 0.3 is 6.29 Å². The smallest absolute Gasteiger partial charge is 0.395 e. The summed E-state index contributed by atoms with van der Waals surface area (Å²) in [6.07, 6.45) is 3.02. The van der Waals surface area contributed by atoms with Crippen LogP contribution >= 0.6 is 0 Å². The van der Waals surface area contributed by atoms with Crippen LogP contribution in [-0.2, 0) is 6.42 Å². The maximum absolute atomic E-state index is 13.4. The van der Waals surface area contributed by atoms with Crippen LogP contribution in [0.4, 0.5) is 14.6 Å². The van der Waals surface area contributed by atoms with Crippen molar-refractivity contribution in [2.45, 2.75) is 45.3 Å². The molecule has 33 heavy (non-hydrogen) atoms.